The van der Waals surface area contributed by atoms with E-state index in [-0.39, 0.29) is 35.3 Å². The number of carbonyl (C=O) groups is 1. The Kier molecular flexibility index (Phi) is 6.39. The van der Waals surface area contributed by atoms with Gasteiger partial charge in [-0.1, -0.05) is 35.3 Å². The Balaban J connectivity index is 1.76. The predicted molar refractivity (Wildman–Crippen MR) is 105 cm³/mol. The molecule has 3 rings (SSSR count). The van der Waals surface area contributed by atoms with Crippen molar-refractivity contribution in [1.82, 2.24) is 4.31 Å². The maximum absolute atomic E-state index is 12.8. The molecule has 0 bridgehead atoms. The van der Waals surface area contributed by atoms with Crippen LogP contribution in [0.3, 0.4) is 0 Å². The number of carbonyl (C=O) groups excluding carboxylic acids is 1. The van der Waals surface area contributed by atoms with Crippen LogP contribution >= 0.6 is 23.2 Å². The molecule has 2 aromatic rings. The Morgan fingerprint density at radius 2 is 1.74 bits per heavy atom. The maximum atomic E-state index is 12.8. The number of morpholine rings is 1. The second-order valence-electron chi connectivity index (χ2n) is 6.01. The van der Waals surface area contributed by atoms with Crippen LogP contribution in [0.4, 0.5) is 5.69 Å². The van der Waals surface area contributed by atoms with Crippen LogP contribution < -0.4 is 5.32 Å². The lowest BCUT2D eigenvalue weighted by Gasteiger charge is -2.26. The van der Waals surface area contributed by atoms with Gasteiger partial charge in [0, 0.05) is 23.8 Å². The molecule has 144 valence electrons. The number of hydrogen-bond donors (Lipinski definition) is 1. The highest BCUT2D eigenvalue weighted by Gasteiger charge is 2.28. The predicted octanol–water partition coefficient (Wildman–Crippen LogP) is 3.20. The van der Waals surface area contributed by atoms with E-state index in [9.17, 15) is 13.2 Å². The summed E-state index contributed by atoms with van der Waals surface area (Å²) in [6.45, 7) is 1.22. The molecule has 0 saturated carbocycles. The molecule has 0 unspecified atom stereocenters. The lowest BCUT2D eigenvalue weighted by Crippen LogP contribution is -2.40. The molecule has 6 nitrogen and oxygen atoms in total. The van der Waals surface area contributed by atoms with E-state index in [4.69, 9.17) is 27.9 Å². The number of halogens is 2. The van der Waals surface area contributed by atoms with Crippen molar-refractivity contribution >= 4 is 44.8 Å². The molecule has 0 aromatic heterocycles. The summed E-state index contributed by atoms with van der Waals surface area (Å²) in [6.07, 6.45) is 0.144. The highest BCUT2D eigenvalue weighted by molar-refractivity contribution is 7.89. The first kappa shape index (κ1) is 20.1. The molecule has 1 fully saturated rings. The highest BCUT2D eigenvalue weighted by atomic mass is 35.5. The van der Waals surface area contributed by atoms with Gasteiger partial charge >= 0.3 is 0 Å². The molecule has 1 aliphatic heterocycles. The molecule has 0 aliphatic carbocycles. The van der Waals surface area contributed by atoms with E-state index in [2.05, 4.69) is 5.32 Å². The second kappa shape index (κ2) is 8.58. The van der Waals surface area contributed by atoms with Crippen molar-refractivity contribution in [2.75, 3.05) is 31.6 Å². The molecule has 0 spiro atoms. The van der Waals surface area contributed by atoms with Crippen LogP contribution in [-0.4, -0.2) is 44.9 Å². The molecule has 2 aromatic carbocycles. The van der Waals surface area contributed by atoms with Gasteiger partial charge in [-0.2, -0.15) is 4.31 Å². The van der Waals surface area contributed by atoms with Crippen molar-refractivity contribution in [3.8, 4) is 0 Å². The van der Waals surface area contributed by atoms with Crippen molar-refractivity contribution in [1.29, 1.82) is 0 Å². The van der Waals surface area contributed by atoms with Crippen molar-refractivity contribution in [2.24, 2.45) is 0 Å². The number of amides is 1. The van der Waals surface area contributed by atoms with E-state index in [1.54, 1.807) is 30.3 Å². The lowest BCUT2D eigenvalue weighted by atomic mass is 10.1. The maximum Gasteiger partial charge on any atom is 0.244 e. The first-order chi connectivity index (χ1) is 12.9. The lowest BCUT2D eigenvalue weighted by molar-refractivity contribution is -0.115. The van der Waals surface area contributed by atoms with Gasteiger partial charge in [-0.05, 0) is 35.9 Å². The van der Waals surface area contributed by atoms with Crippen LogP contribution in [0.15, 0.2) is 47.4 Å². The average Bonchev–Trinajstić information content (AvgIpc) is 2.66. The van der Waals surface area contributed by atoms with Crippen molar-refractivity contribution in [2.45, 2.75) is 11.3 Å². The number of sulfonamides is 1. The van der Waals surface area contributed by atoms with Gasteiger partial charge in [0.2, 0.25) is 15.9 Å². The van der Waals surface area contributed by atoms with E-state index in [0.717, 1.165) is 5.56 Å². The number of anilines is 1. The fourth-order valence-electron chi connectivity index (χ4n) is 2.70. The molecule has 0 radical (unpaired) electrons. The standard InChI is InChI=1S/C18H18Cl2N2O4S/c19-14-3-1-13(2-4-14)11-18(23)21-15-5-6-16(20)17(12-15)27(24,25)22-7-9-26-10-8-22/h1-6,12H,7-11H2,(H,21,23). The Morgan fingerprint density at radius 1 is 1.07 bits per heavy atom. The summed E-state index contributed by atoms with van der Waals surface area (Å²) in [7, 11) is -3.76. The Morgan fingerprint density at radius 3 is 2.41 bits per heavy atom. The molecule has 1 aliphatic rings. The fourth-order valence-corrected chi connectivity index (χ4v) is 4.73. The minimum absolute atomic E-state index is 0.0321. The monoisotopic (exact) mass is 428 g/mol. The van der Waals surface area contributed by atoms with Crippen molar-refractivity contribution < 1.29 is 17.9 Å². The molecule has 27 heavy (non-hydrogen) atoms. The Bertz CT molecular complexity index is 927. The third-order valence-corrected chi connectivity index (χ3v) is 6.71. The summed E-state index contributed by atoms with van der Waals surface area (Å²) < 4.78 is 32.2. The first-order valence-electron chi connectivity index (χ1n) is 8.28. The highest BCUT2D eigenvalue weighted by Crippen LogP contribution is 2.28. The molecular weight excluding hydrogens is 411 g/mol. The summed E-state index contributed by atoms with van der Waals surface area (Å²) >= 11 is 12.0. The summed E-state index contributed by atoms with van der Waals surface area (Å²) in [4.78, 5) is 12.2. The molecule has 1 amide bonds. The number of nitrogens with zero attached hydrogens (tertiary/aromatic N) is 1. The van der Waals surface area contributed by atoms with E-state index in [0.29, 0.717) is 23.9 Å². The number of nitrogens with one attached hydrogen (secondary N) is 1. The van der Waals surface area contributed by atoms with Gasteiger partial charge in [0.1, 0.15) is 4.90 Å². The smallest absolute Gasteiger partial charge is 0.244 e. The van der Waals surface area contributed by atoms with Crippen LogP contribution in [0.5, 0.6) is 0 Å². The topological polar surface area (TPSA) is 75.7 Å². The van der Waals surface area contributed by atoms with Gasteiger partial charge in [0.15, 0.2) is 0 Å². The van der Waals surface area contributed by atoms with Gasteiger partial charge in [-0.25, -0.2) is 8.42 Å². The summed E-state index contributed by atoms with van der Waals surface area (Å²) in [5.74, 6) is -0.269. The second-order valence-corrected chi connectivity index (χ2v) is 8.76. The minimum Gasteiger partial charge on any atom is -0.379 e. The van der Waals surface area contributed by atoms with Gasteiger partial charge in [0.25, 0.3) is 0 Å². The average molecular weight is 429 g/mol. The SMILES string of the molecule is O=C(Cc1ccc(Cl)cc1)Nc1ccc(Cl)c(S(=O)(=O)N2CCOCC2)c1. The van der Waals surface area contributed by atoms with Crippen LogP contribution in [0, 0.1) is 0 Å². The minimum atomic E-state index is -3.76. The zero-order valence-electron chi connectivity index (χ0n) is 14.3. The zero-order chi connectivity index (χ0) is 19.4. The summed E-state index contributed by atoms with van der Waals surface area (Å²) in [5.41, 5.74) is 1.16. The molecule has 9 heteroatoms. The fraction of sp³-hybridized carbons (Fsp3) is 0.278. The zero-order valence-corrected chi connectivity index (χ0v) is 16.6. The van der Waals surface area contributed by atoms with E-state index >= 15 is 0 Å². The number of hydrogen-bond acceptors (Lipinski definition) is 4. The van der Waals surface area contributed by atoms with Crippen LogP contribution in [0.25, 0.3) is 0 Å². The third-order valence-electron chi connectivity index (χ3n) is 4.08. The van der Waals surface area contributed by atoms with Crippen molar-refractivity contribution in [3.05, 3.63) is 58.1 Å². The molecule has 1 N–H and O–H groups in total. The summed E-state index contributed by atoms with van der Waals surface area (Å²) in [6, 6.07) is 11.4. The van der Waals surface area contributed by atoms with E-state index in [1.807, 2.05) is 0 Å². The van der Waals surface area contributed by atoms with Crippen LogP contribution in [0.1, 0.15) is 5.56 Å². The van der Waals surface area contributed by atoms with Gasteiger partial charge in [-0.3, -0.25) is 4.79 Å². The quantitative estimate of drug-likeness (QED) is 0.792. The number of ether oxygens (including phenoxy) is 1. The largest absolute Gasteiger partial charge is 0.379 e. The molecular formula is C18H18Cl2N2O4S. The normalized spacial score (nSPS) is 15.5. The third kappa shape index (κ3) is 5.00. The van der Waals surface area contributed by atoms with Gasteiger partial charge in [0.05, 0.1) is 24.7 Å². The number of rotatable bonds is 5. The Labute approximate surface area is 168 Å². The van der Waals surface area contributed by atoms with Crippen LogP contribution in [-0.2, 0) is 26.0 Å². The van der Waals surface area contributed by atoms with E-state index < -0.39 is 10.0 Å². The molecule has 1 saturated heterocycles. The van der Waals surface area contributed by atoms with Crippen LogP contribution in [0.2, 0.25) is 10.0 Å². The van der Waals surface area contributed by atoms with Crippen molar-refractivity contribution in [3.63, 3.8) is 0 Å². The molecule has 0 atom stereocenters. The van der Waals surface area contributed by atoms with E-state index in [1.165, 1.54) is 16.4 Å². The first-order valence-corrected chi connectivity index (χ1v) is 10.5. The van der Waals surface area contributed by atoms with Gasteiger partial charge in [-0.15, -0.1) is 0 Å². The number of benzene rings is 2. The molecule has 1 heterocycles. The Hall–Kier alpha value is -1.64. The summed E-state index contributed by atoms with van der Waals surface area (Å²) in [5, 5.41) is 3.41. The van der Waals surface area contributed by atoms with Gasteiger partial charge < -0.3 is 10.1 Å².